The van der Waals surface area contributed by atoms with Gasteiger partial charge in [-0.1, -0.05) is 30.3 Å². The van der Waals surface area contributed by atoms with E-state index in [1.807, 2.05) is 6.07 Å². The number of piperidine rings is 1. The lowest BCUT2D eigenvalue weighted by Gasteiger charge is -2.37. The van der Waals surface area contributed by atoms with E-state index in [1.165, 1.54) is 5.56 Å². The van der Waals surface area contributed by atoms with Crippen LogP contribution in [0.1, 0.15) is 24.8 Å². The highest BCUT2D eigenvalue weighted by molar-refractivity contribution is 5.83. The molecule has 4 nitrogen and oxygen atoms in total. The molecule has 2 unspecified atom stereocenters. The van der Waals surface area contributed by atoms with Crippen molar-refractivity contribution in [1.82, 2.24) is 10.2 Å². The summed E-state index contributed by atoms with van der Waals surface area (Å²) >= 11 is 0. The SMILES string of the molecule is O=C(C1CC12CCNCC2)N1CCOCC1Cc1ccccc1. The summed E-state index contributed by atoms with van der Waals surface area (Å²) in [7, 11) is 0. The molecular weight excluding hydrogens is 288 g/mol. The van der Waals surface area contributed by atoms with Crippen LogP contribution in [0.4, 0.5) is 0 Å². The molecule has 2 atom stereocenters. The fourth-order valence-electron chi connectivity index (χ4n) is 4.37. The maximum atomic E-state index is 13.1. The third-order valence-corrected chi connectivity index (χ3v) is 5.91. The van der Waals surface area contributed by atoms with E-state index in [4.69, 9.17) is 4.74 Å². The van der Waals surface area contributed by atoms with Gasteiger partial charge in [-0.15, -0.1) is 0 Å². The summed E-state index contributed by atoms with van der Waals surface area (Å²) in [5.74, 6) is 0.650. The van der Waals surface area contributed by atoms with Crippen LogP contribution in [0.25, 0.3) is 0 Å². The lowest BCUT2D eigenvalue weighted by Crippen LogP contribution is -2.51. The monoisotopic (exact) mass is 314 g/mol. The van der Waals surface area contributed by atoms with Crippen LogP contribution in [-0.4, -0.2) is 49.7 Å². The Morgan fingerprint density at radius 3 is 2.83 bits per heavy atom. The summed E-state index contributed by atoms with van der Waals surface area (Å²) in [5.41, 5.74) is 1.60. The van der Waals surface area contributed by atoms with Gasteiger partial charge in [0.2, 0.25) is 5.91 Å². The number of rotatable bonds is 3. The predicted octanol–water partition coefficient (Wildman–Crippen LogP) is 1.85. The average molecular weight is 314 g/mol. The number of carbonyl (C=O) groups is 1. The molecule has 4 rings (SSSR count). The standard InChI is InChI=1S/C19H26N2O2/c22-18(17-13-19(17)6-8-20-9-7-19)21-10-11-23-14-16(21)12-15-4-2-1-3-5-15/h1-5,16-17,20H,6-14H2. The molecular formula is C19H26N2O2. The molecule has 1 N–H and O–H groups in total. The second kappa shape index (κ2) is 6.25. The third-order valence-electron chi connectivity index (χ3n) is 5.91. The predicted molar refractivity (Wildman–Crippen MR) is 89.1 cm³/mol. The van der Waals surface area contributed by atoms with Crippen molar-refractivity contribution in [3.63, 3.8) is 0 Å². The zero-order valence-electron chi connectivity index (χ0n) is 13.7. The van der Waals surface area contributed by atoms with E-state index in [1.54, 1.807) is 0 Å². The Balaban J connectivity index is 1.44. The maximum absolute atomic E-state index is 13.1. The first-order valence-corrected chi connectivity index (χ1v) is 8.91. The Hall–Kier alpha value is -1.39. The summed E-state index contributed by atoms with van der Waals surface area (Å²) in [6.45, 7) is 4.24. The van der Waals surface area contributed by atoms with Crippen LogP contribution in [0.5, 0.6) is 0 Å². The molecule has 0 bridgehead atoms. The lowest BCUT2D eigenvalue weighted by molar-refractivity contribution is -0.142. The summed E-state index contributed by atoms with van der Waals surface area (Å²) in [6, 6.07) is 10.6. The number of amides is 1. The second-order valence-corrected chi connectivity index (χ2v) is 7.32. The first-order valence-electron chi connectivity index (χ1n) is 8.91. The minimum Gasteiger partial charge on any atom is -0.377 e. The van der Waals surface area contributed by atoms with Crippen LogP contribution in [0.3, 0.4) is 0 Å². The first kappa shape index (κ1) is 15.2. The second-order valence-electron chi connectivity index (χ2n) is 7.32. The van der Waals surface area contributed by atoms with Crippen molar-refractivity contribution in [3.05, 3.63) is 35.9 Å². The lowest BCUT2D eigenvalue weighted by atomic mass is 9.91. The molecule has 0 radical (unpaired) electrons. The van der Waals surface area contributed by atoms with E-state index in [9.17, 15) is 4.79 Å². The number of hydrogen-bond donors (Lipinski definition) is 1. The quantitative estimate of drug-likeness (QED) is 0.926. The molecule has 2 heterocycles. The molecule has 1 saturated carbocycles. The van der Waals surface area contributed by atoms with Crippen LogP contribution < -0.4 is 5.32 Å². The van der Waals surface area contributed by atoms with Gasteiger partial charge >= 0.3 is 0 Å². The minimum atomic E-state index is 0.193. The topological polar surface area (TPSA) is 41.6 Å². The molecule has 1 aromatic carbocycles. The Bertz CT molecular complexity index is 554. The molecule has 4 heteroatoms. The number of hydrogen-bond acceptors (Lipinski definition) is 3. The van der Waals surface area contributed by atoms with Crippen molar-refractivity contribution in [3.8, 4) is 0 Å². The van der Waals surface area contributed by atoms with Crippen LogP contribution in [0.2, 0.25) is 0 Å². The fourth-order valence-corrected chi connectivity index (χ4v) is 4.37. The minimum absolute atomic E-state index is 0.193. The molecule has 0 aromatic heterocycles. The van der Waals surface area contributed by atoms with E-state index < -0.39 is 0 Å². The molecule has 1 aromatic rings. The Labute approximate surface area is 138 Å². The molecule has 3 aliphatic rings. The fraction of sp³-hybridized carbons (Fsp3) is 0.632. The molecule has 23 heavy (non-hydrogen) atoms. The summed E-state index contributed by atoms with van der Waals surface area (Å²) in [4.78, 5) is 15.2. The Kier molecular flexibility index (Phi) is 4.12. The molecule has 2 aliphatic heterocycles. The first-order chi connectivity index (χ1) is 11.3. The highest BCUT2D eigenvalue weighted by Gasteiger charge is 2.59. The van der Waals surface area contributed by atoms with Gasteiger partial charge < -0.3 is 15.0 Å². The van der Waals surface area contributed by atoms with Crippen molar-refractivity contribution in [2.45, 2.75) is 31.7 Å². The van der Waals surface area contributed by atoms with Crippen molar-refractivity contribution in [2.75, 3.05) is 32.8 Å². The highest BCUT2D eigenvalue weighted by atomic mass is 16.5. The Morgan fingerprint density at radius 2 is 2.04 bits per heavy atom. The average Bonchev–Trinajstić information content (AvgIpc) is 3.29. The molecule has 1 amide bonds. The van der Waals surface area contributed by atoms with Crippen LogP contribution in [-0.2, 0) is 16.0 Å². The van der Waals surface area contributed by atoms with E-state index in [-0.39, 0.29) is 12.0 Å². The summed E-state index contributed by atoms with van der Waals surface area (Å²) in [5, 5.41) is 3.42. The van der Waals surface area contributed by atoms with Gasteiger partial charge in [0.25, 0.3) is 0 Å². The summed E-state index contributed by atoms with van der Waals surface area (Å²) < 4.78 is 5.67. The van der Waals surface area contributed by atoms with E-state index in [0.717, 1.165) is 45.3 Å². The van der Waals surface area contributed by atoms with Crippen LogP contribution in [0, 0.1) is 11.3 Å². The number of ether oxygens (including phenoxy) is 1. The molecule has 1 aliphatic carbocycles. The number of nitrogens with zero attached hydrogens (tertiary/aromatic N) is 1. The van der Waals surface area contributed by atoms with Gasteiger partial charge in [0.1, 0.15) is 0 Å². The summed E-state index contributed by atoms with van der Waals surface area (Å²) in [6.07, 6.45) is 4.32. The number of morpholine rings is 1. The smallest absolute Gasteiger partial charge is 0.226 e. The van der Waals surface area contributed by atoms with Crippen molar-refractivity contribution < 1.29 is 9.53 Å². The van der Waals surface area contributed by atoms with Gasteiger partial charge in [0.05, 0.1) is 19.3 Å². The zero-order chi connectivity index (χ0) is 15.7. The molecule has 1 spiro atoms. The van der Waals surface area contributed by atoms with Gasteiger partial charge in [-0.3, -0.25) is 4.79 Å². The largest absolute Gasteiger partial charge is 0.377 e. The van der Waals surface area contributed by atoms with Crippen LogP contribution in [0.15, 0.2) is 30.3 Å². The van der Waals surface area contributed by atoms with E-state index >= 15 is 0 Å². The van der Waals surface area contributed by atoms with Crippen molar-refractivity contribution in [1.29, 1.82) is 0 Å². The van der Waals surface area contributed by atoms with Crippen LogP contribution >= 0.6 is 0 Å². The van der Waals surface area contributed by atoms with E-state index in [2.05, 4.69) is 34.5 Å². The zero-order valence-corrected chi connectivity index (χ0v) is 13.7. The van der Waals surface area contributed by atoms with Gasteiger partial charge in [0, 0.05) is 12.5 Å². The van der Waals surface area contributed by atoms with Gasteiger partial charge in [0.15, 0.2) is 0 Å². The van der Waals surface area contributed by atoms with Gasteiger partial charge in [-0.05, 0) is 49.8 Å². The van der Waals surface area contributed by atoms with Crippen molar-refractivity contribution >= 4 is 5.91 Å². The van der Waals surface area contributed by atoms with Gasteiger partial charge in [-0.25, -0.2) is 0 Å². The normalized spacial score (nSPS) is 29.5. The molecule has 124 valence electrons. The van der Waals surface area contributed by atoms with Gasteiger partial charge in [-0.2, -0.15) is 0 Å². The number of nitrogens with one attached hydrogen (secondary N) is 1. The maximum Gasteiger partial charge on any atom is 0.226 e. The van der Waals surface area contributed by atoms with E-state index in [0.29, 0.717) is 24.5 Å². The van der Waals surface area contributed by atoms with Crippen molar-refractivity contribution in [2.24, 2.45) is 11.3 Å². The molecule has 3 fully saturated rings. The molecule has 2 saturated heterocycles. The third kappa shape index (κ3) is 3.02. The number of carbonyl (C=O) groups excluding carboxylic acids is 1. The number of benzene rings is 1. The Morgan fingerprint density at radius 1 is 1.26 bits per heavy atom. The highest BCUT2D eigenvalue weighted by Crippen LogP contribution is 2.59.